The fraction of sp³-hybridized carbons (Fsp3) is 0.684. The molecule has 25 heavy (non-hydrogen) atoms. The van der Waals surface area contributed by atoms with E-state index in [0.717, 1.165) is 32.5 Å². The van der Waals surface area contributed by atoms with Gasteiger partial charge in [-0.3, -0.25) is 9.59 Å². The van der Waals surface area contributed by atoms with E-state index >= 15 is 0 Å². The molecule has 1 saturated heterocycles. The lowest BCUT2D eigenvalue weighted by molar-refractivity contribution is -0.121. The minimum Gasteiger partial charge on any atom is -0.469 e. The third-order valence-corrected chi connectivity index (χ3v) is 5.12. The van der Waals surface area contributed by atoms with Gasteiger partial charge in [-0.05, 0) is 51.8 Å². The third kappa shape index (κ3) is 5.08. The van der Waals surface area contributed by atoms with Crippen molar-refractivity contribution in [2.24, 2.45) is 0 Å². The Hall–Kier alpha value is -1.82. The van der Waals surface area contributed by atoms with E-state index in [1.807, 2.05) is 4.90 Å². The highest BCUT2D eigenvalue weighted by Gasteiger charge is 2.34. The maximum Gasteiger partial charge on any atom is 0.257 e. The first-order chi connectivity index (χ1) is 12.1. The Kier molecular flexibility index (Phi) is 6.13. The Morgan fingerprint density at radius 2 is 2.04 bits per heavy atom. The number of aryl methyl sites for hydroxylation is 1. The summed E-state index contributed by atoms with van der Waals surface area (Å²) in [5.74, 6) is 0.649. The molecule has 2 amide bonds. The van der Waals surface area contributed by atoms with Crippen molar-refractivity contribution in [2.45, 2.75) is 51.5 Å². The number of nitrogens with zero attached hydrogens (tertiary/aromatic N) is 2. The average molecular weight is 347 g/mol. The van der Waals surface area contributed by atoms with Gasteiger partial charge in [-0.15, -0.1) is 0 Å². The summed E-state index contributed by atoms with van der Waals surface area (Å²) in [4.78, 5) is 29.0. The molecule has 0 aromatic carbocycles. The predicted octanol–water partition coefficient (Wildman–Crippen LogP) is 2.18. The number of hydrogen-bond donors (Lipinski definition) is 1. The summed E-state index contributed by atoms with van der Waals surface area (Å²) >= 11 is 0. The van der Waals surface area contributed by atoms with Crippen LogP contribution in [0, 0.1) is 6.92 Å². The van der Waals surface area contributed by atoms with E-state index in [2.05, 4.69) is 10.2 Å². The molecule has 0 bridgehead atoms. The van der Waals surface area contributed by atoms with E-state index in [1.54, 1.807) is 19.3 Å². The Morgan fingerprint density at radius 1 is 1.28 bits per heavy atom. The summed E-state index contributed by atoms with van der Waals surface area (Å²) < 4.78 is 5.24. The minimum absolute atomic E-state index is 0.0186. The second-order valence-electron chi connectivity index (χ2n) is 7.12. The van der Waals surface area contributed by atoms with Crippen LogP contribution in [0.5, 0.6) is 0 Å². The Morgan fingerprint density at radius 3 is 2.68 bits per heavy atom. The second kappa shape index (κ2) is 8.52. The van der Waals surface area contributed by atoms with E-state index in [1.165, 1.54) is 19.3 Å². The fourth-order valence-electron chi connectivity index (χ4n) is 3.44. The van der Waals surface area contributed by atoms with E-state index in [9.17, 15) is 9.59 Å². The molecule has 138 valence electrons. The Bertz CT molecular complexity index is 588. The summed E-state index contributed by atoms with van der Waals surface area (Å²) in [6.45, 7) is 6.17. The zero-order valence-corrected chi connectivity index (χ0v) is 15.1. The number of carbonyl (C=O) groups is 2. The van der Waals surface area contributed by atoms with Gasteiger partial charge in [-0.2, -0.15) is 0 Å². The number of nitrogens with one attached hydrogen (secondary N) is 1. The molecule has 1 aromatic rings. The van der Waals surface area contributed by atoms with Crippen molar-refractivity contribution in [2.75, 3.05) is 32.7 Å². The summed E-state index contributed by atoms with van der Waals surface area (Å²) in [6, 6.07) is 1.99. The van der Waals surface area contributed by atoms with Gasteiger partial charge >= 0.3 is 0 Å². The maximum absolute atomic E-state index is 12.7. The number of amides is 2. The molecule has 1 aliphatic heterocycles. The maximum atomic E-state index is 12.7. The van der Waals surface area contributed by atoms with E-state index in [-0.39, 0.29) is 17.9 Å². The summed E-state index contributed by atoms with van der Waals surface area (Å²) in [7, 11) is 0. The van der Waals surface area contributed by atoms with Crippen LogP contribution in [0.3, 0.4) is 0 Å². The topological polar surface area (TPSA) is 65.8 Å². The molecule has 0 spiro atoms. The molecular weight excluding hydrogens is 318 g/mol. The summed E-state index contributed by atoms with van der Waals surface area (Å²) in [5.41, 5.74) is 0.609. The van der Waals surface area contributed by atoms with Crippen molar-refractivity contribution in [3.8, 4) is 0 Å². The molecular formula is C19H29N3O3. The van der Waals surface area contributed by atoms with Crippen LogP contribution in [0.2, 0.25) is 0 Å². The molecule has 2 heterocycles. The zero-order chi connectivity index (χ0) is 17.6. The highest BCUT2D eigenvalue weighted by molar-refractivity contribution is 5.95. The number of hydrogen-bond acceptors (Lipinski definition) is 4. The van der Waals surface area contributed by atoms with Gasteiger partial charge in [0.15, 0.2) is 0 Å². The molecule has 1 saturated carbocycles. The fourth-order valence-corrected chi connectivity index (χ4v) is 3.44. The van der Waals surface area contributed by atoms with E-state index in [4.69, 9.17) is 4.42 Å². The highest BCUT2D eigenvalue weighted by atomic mass is 16.3. The lowest BCUT2D eigenvalue weighted by Gasteiger charge is -2.26. The van der Waals surface area contributed by atoms with Gasteiger partial charge in [0.05, 0.1) is 11.8 Å². The molecule has 0 atom stereocenters. The molecule has 1 N–H and O–H groups in total. The van der Waals surface area contributed by atoms with Gasteiger partial charge in [0.2, 0.25) is 5.91 Å². The monoisotopic (exact) mass is 347 g/mol. The van der Waals surface area contributed by atoms with Crippen molar-refractivity contribution >= 4 is 11.8 Å². The van der Waals surface area contributed by atoms with Crippen molar-refractivity contribution < 1.29 is 14.0 Å². The number of piperidine rings is 1. The first kappa shape index (κ1) is 18.0. The van der Waals surface area contributed by atoms with Crippen LogP contribution in [-0.4, -0.2) is 60.4 Å². The van der Waals surface area contributed by atoms with Gasteiger partial charge in [0, 0.05) is 32.1 Å². The normalized spacial score (nSPS) is 18.1. The average Bonchev–Trinajstić information content (AvgIpc) is 3.36. The lowest BCUT2D eigenvalue weighted by Crippen LogP contribution is -2.40. The van der Waals surface area contributed by atoms with Gasteiger partial charge < -0.3 is 19.5 Å². The third-order valence-electron chi connectivity index (χ3n) is 5.12. The molecule has 2 fully saturated rings. The number of likely N-dealkylation sites (tertiary alicyclic amines) is 1. The van der Waals surface area contributed by atoms with Crippen molar-refractivity contribution in [1.82, 2.24) is 15.1 Å². The number of carbonyl (C=O) groups excluding carboxylic acids is 2. The van der Waals surface area contributed by atoms with Gasteiger partial charge in [-0.1, -0.05) is 6.42 Å². The Labute approximate surface area is 149 Å². The number of rotatable bonds is 8. The van der Waals surface area contributed by atoms with E-state index < -0.39 is 0 Å². The van der Waals surface area contributed by atoms with Crippen LogP contribution in [0.4, 0.5) is 0 Å². The predicted molar refractivity (Wildman–Crippen MR) is 95.4 cm³/mol. The summed E-state index contributed by atoms with van der Waals surface area (Å²) in [6.07, 6.45) is 7.81. The van der Waals surface area contributed by atoms with Crippen molar-refractivity contribution in [3.05, 3.63) is 23.7 Å². The molecule has 3 rings (SSSR count). The molecule has 0 unspecified atom stereocenters. The van der Waals surface area contributed by atoms with Crippen LogP contribution >= 0.6 is 0 Å². The summed E-state index contributed by atoms with van der Waals surface area (Å²) in [5, 5.41) is 2.99. The smallest absolute Gasteiger partial charge is 0.257 e. The van der Waals surface area contributed by atoms with Gasteiger partial charge in [-0.25, -0.2) is 0 Å². The number of furan rings is 1. The van der Waals surface area contributed by atoms with Crippen LogP contribution < -0.4 is 5.32 Å². The zero-order valence-electron chi connectivity index (χ0n) is 15.1. The van der Waals surface area contributed by atoms with E-state index in [0.29, 0.717) is 30.8 Å². The molecule has 1 aromatic heterocycles. The first-order valence-electron chi connectivity index (χ1n) is 9.49. The van der Waals surface area contributed by atoms with Gasteiger partial charge in [0.1, 0.15) is 5.76 Å². The van der Waals surface area contributed by atoms with Gasteiger partial charge in [0.25, 0.3) is 5.91 Å². The largest absolute Gasteiger partial charge is 0.469 e. The van der Waals surface area contributed by atoms with Crippen LogP contribution in [-0.2, 0) is 4.79 Å². The van der Waals surface area contributed by atoms with Crippen molar-refractivity contribution in [3.63, 3.8) is 0 Å². The lowest BCUT2D eigenvalue weighted by atomic mass is 10.1. The minimum atomic E-state index is -0.0186. The SMILES string of the molecule is Cc1occc1C(=O)N(CCC(=O)NCCN1CCCCC1)C1CC1. The van der Waals surface area contributed by atoms with Crippen LogP contribution in [0.1, 0.15) is 54.6 Å². The first-order valence-corrected chi connectivity index (χ1v) is 9.49. The molecule has 2 aliphatic rings. The van der Waals surface area contributed by atoms with Crippen molar-refractivity contribution in [1.29, 1.82) is 0 Å². The second-order valence-corrected chi connectivity index (χ2v) is 7.12. The molecule has 1 aliphatic carbocycles. The standard InChI is InChI=1S/C19H29N3O3/c1-15-17(8-14-25-15)19(24)22(16-5-6-16)12-7-18(23)20-9-13-21-10-3-2-4-11-21/h8,14,16H,2-7,9-13H2,1H3,(H,20,23). The van der Waals surface area contributed by atoms with Crippen LogP contribution in [0.15, 0.2) is 16.7 Å². The highest BCUT2D eigenvalue weighted by Crippen LogP contribution is 2.29. The quantitative estimate of drug-likeness (QED) is 0.783. The molecule has 6 nitrogen and oxygen atoms in total. The Balaban J connectivity index is 1.41. The molecule has 0 radical (unpaired) electrons. The van der Waals surface area contributed by atoms with Crippen LogP contribution in [0.25, 0.3) is 0 Å². The molecule has 6 heteroatoms.